The number of carbonyl (C=O) groups is 1. The highest BCUT2D eigenvalue weighted by molar-refractivity contribution is 6.31. The van der Waals surface area contributed by atoms with Crippen molar-refractivity contribution >= 4 is 28.4 Å². The van der Waals surface area contributed by atoms with Gasteiger partial charge >= 0.3 is 0 Å². The summed E-state index contributed by atoms with van der Waals surface area (Å²) in [5, 5.41) is 20.0. The quantitative estimate of drug-likeness (QED) is 0.712. The number of aromatic amines is 1. The lowest BCUT2D eigenvalue weighted by Gasteiger charge is -2.27. The number of fused-ring (bicyclic) bond motifs is 2. The van der Waals surface area contributed by atoms with Gasteiger partial charge in [-0.15, -0.1) is 0 Å². The molecule has 2 aromatic carbocycles. The first-order valence-electron chi connectivity index (χ1n) is 9.23. The molecule has 27 heavy (non-hydrogen) atoms. The predicted octanol–water partition coefficient (Wildman–Crippen LogP) is 3.59. The van der Waals surface area contributed by atoms with E-state index >= 15 is 0 Å². The Hall–Kier alpha value is -2.37. The topological polar surface area (TPSA) is 69.2 Å². The van der Waals surface area contributed by atoms with Gasteiger partial charge in [0, 0.05) is 29.1 Å². The SMILES string of the molecule is O=C(c1ccccc1)N1C[C@@H]2CC(O)(c3cc(Cl)cc4[nH]ncc34)C[C@@H]2C1. The molecule has 1 amide bonds. The van der Waals surface area contributed by atoms with Crippen LogP contribution in [0.15, 0.2) is 48.7 Å². The van der Waals surface area contributed by atoms with Gasteiger partial charge in [-0.05, 0) is 54.5 Å². The first-order chi connectivity index (χ1) is 13.0. The molecule has 1 saturated heterocycles. The summed E-state index contributed by atoms with van der Waals surface area (Å²) in [4.78, 5) is 14.7. The van der Waals surface area contributed by atoms with Crippen molar-refractivity contribution in [2.24, 2.45) is 11.8 Å². The second-order valence-corrected chi connectivity index (χ2v) is 8.26. The van der Waals surface area contributed by atoms with Crippen LogP contribution in [0.25, 0.3) is 10.9 Å². The average Bonchev–Trinajstić information content (AvgIpc) is 3.34. The summed E-state index contributed by atoms with van der Waals surface area (Å²) in [7, 11) is 0. The minimum atomic E-state index is -0.926. The number of carbonyl (C=O) groups excluding carboxylic acids is 1. The molecule has 1 aliphatic heterocycles. The second kappa shape index (κ2) is 6.08. The molecule has 0 radical (unpaired) electrons. The molecule has 0 spiro atoms. The maximum Gasteiger partial charge on any atom is 0.253 e. The van der Waals surface area contributed by atoms with Crippen molar-refractivity contribution < 1.29 is 9.90 Å². The van der Waals surface area contributed by atoms with Crippen molar-refractivity contribution in [3.8, 4) is 0 Å². The van der Waals surface area contributed by atoms with Gasteiger partial charge in [0.1, 0.15) is 0 Å². The molecular weight excluding hydrogens is 362 g/mol. The lowest BCUT2D eigenvalue weighted by atomic mass is 9.88. The van der Waals surface area contributed by atoms with Crippen molar-refractivity contribution in [1.29, 1.82) is 0 Å². The third-order valence-corrected chi connectivity index (χ3v) is 6.33. The number of aliphatic hydroxyl groups is 1. The minimum absolute atomic E-state index is 0.0773. The Balaban J connectivity index is 1.39. The van der Waals surface area contributed by atoms with Crippen molar-refractivity contribution in [1.82, 2.24) is 15.1 Å². The zero-order valence-corrected chi connectivity index (χ0v) is 15.5. The number of hydrogen-bond donors (Lipinski definition) is 2. The number of halogens is 1. The highest BCUT2D eigenvalue weighted by Gasteiger charge is 2.50. The van der Waals surface area contributed by atoms with E-state index in [2.05, 4.69) is 10.2 Å². The van der Waals surface area contributed by atoms with Crippen LogP contribution in [-0.4, -0.2) is 39.2 Å². The highest BCUT2D eigenvalue weighted by Crippen LogP contribution is 2.50. The molecule has 5 rings (SSSR count). The molecule has 0 bridgehead atoms. The molecule has 3 atom stereocenters. The standard InChI is InChI=1S/C21H20ClN3O2/c22-16-6-18(17-10-23-24-19(17)7-16)21(27)8-14-11-25(12-15(14)9-21)20(26)13-4-2-1-3-5-13/h1-7,10,14-15,27H,8-9,11-12H2,(H,23,24)/t14-,15+,21?. The lowest BCUT2D eigenvalue weighted by Crippen LogP contribution is -2.32. The molecule has 2 fully saturated rings. The fourth-order valence-electron chi connectivity index (χ4n) is 4.90. The molecule has 1 aliphatic carbocycles. The number of hydrogen-bond acceptors (Lipinski definition) is 3. The van der Waals surface area contributed by atoms with Crippen molar-refractivity contribution in [3.05, 3.63) is 64.8 Å². The summed E-state index contributed by atoms with van der Waals surface area (Å²) in [5.74, 6) is 0.667. The summed E-state index contributed by atoms with van der Waals surface area (Å²) in [5.41, 5.74) is 1.48. The van der Waals surface area contributed by atoms with E-state index in [4.69, 9.17) is 11.6 Å². The van der Waals surface area contributed by atoms with Gasteiger partial charge < -0.3 is 10.0 Å². The van der Waals surface area contributed by atoms with Crippen molar-refractivity contribution in [3.63, 3.8) is 0 Å². The highest BCUT2D eigenvalue weighted by atomic mass is 35.5. The van der Waals surface area contributed by atoms with E-state index in [-0.39, 0.29) is 5.91 Å². The first kappa shape index (κ1) is 16.8. The van der Waals surface area contributed by atoms with Crippen LogP contribution in [0.1, 0.15) is 28.8 Å². The Bertz CT molecular complexity index is 1000. The van der Waals surface area contributed by atoms with Gasteiger partial charge in [0.05, 0.1) is 17.3 Å². The fraction of sp³-hybridized carbons (Fsp3) is 0.333. The van der Waals surface area contributed by atoms with Gasteiger partial charge in [-0.3, -0.25) is 9.89 Å². The Morgan fingerprint density at radius 2 is 1.89 bits per heavy atom. The largest absolute Gasteiger partial charge is 0.385 e. The average molecular weight is 382 g/mol. The number of H-pyrrole nitrogens is 1. The number of rotatable bonds is 2. The van der Waals surface area contributed by atoms with E-state index in [1.165, 1.54) is 0 Å². The Labute approximate surface area is 161 Å². The van der Waals surface area contributed by atoms with Gasteiger partial charge in [-0.2, -0.15) is 5.10 Å². The number of likely N-dealkylation sites (tertiary alicyclic amines) is 1. The smallest absolute Gasteiger partial charge is 0.253 e. The minimum Gasteiger partial charge on any atom is -0.385 e. The van der Waals surface area contributed by atoms with E-state index in [9.17, 15) is 9.90 Å². The monoisotopic (exact) mass is 381 g/mol. The second-order valence-electron chi connectivity index (χ2n) is 7.82. The summed E-state index contributed by atoms with van der Waals surface area (Å²) in [6.07, 6.45) is 3.02. The fourth-order valence-corrected chi connectivity index (χ4v) is 5.12. The molecule has 1 saturated carbocycles. The van der Waals surface area contributed by atoms with Gasteiger partial charge in [-0.25, -0.2) is 0 Å². The van der Waals surface area contributed by atoms with Crippen LogP contribution in [0.3, 0.4) is 0 Å². The maximum atomic E-state index is 12.7. The maximum absolute atomic E-state index is 12.7. The zero-order valence-electron chi connectivity index (χ0n) is 14.7. The van der Waals surface area contributed by atoms with Crippen LogP contribution in [0.5, 0.6) is 0 Å². The number of nitrogens with zero attached hydrogens (tertiary/aromatic N) is 2. The Morgan fingerprint density at radius 3 is 2.59 bits per heavy atom. The number of benzene rings is 2. The van der Waals surface area contributed by atoms with E-state index in [0.29, 0.717) is 42.8 Å². The van der Waals surface area contributed by atoms with Crippen LogP contribution < -0.4 is 0 Å². The predicted molar refractivity (Wildman–Crippen MR) is 104 cm³/mol. The van der Waals surface area contributed by atoms with Crippen LogP contribution in [0.2, 0.25) is 5.02 Å². The number of nitrogens with one attached hydrogen (secondary N) is 1. The summed E-state index contributed by atoms with van der Waals surface area (Å²) < 4.78 is 0. The lowest BCUT2D eigenvalue weighted by molar-refractivity contribution is 0.0318. The summed E-state index contributed by atoms with van der Waals surface area (Å²) in [6, 6.07) is 13.1. The van der Waals surface area contributed by atoms with Gasteiger partial charge in [0.25, 0.3) is 5.91 Å². The van der Waals surface area contributed by atoms with Gasteiger partial charge in [-0.1, -0.05) is 29.8 Å². The van der Waals surface area contributed by atoms with Gasteiger partial charge in [0.15, 0.2) is 0 Å². The van der Waals surface area contributed by atoms with Crippen LogP contribution in [0.4, 0.5) is 0 Å². The summed E-state index contributed by atoms with van der Waals surface area (Å²) >= 11 is 6.26. The molecule has 2 heterocycles. The van der Waals surface area contributed by atoms with E-state index in [1.807, 2.05) is 47.4 Å². The third kappa shape index (κ3) is 2.73. The molecule has 6 heteroatoms. The summed E-state index contributed by atoms with van der Waals surface area (Å²) in [6.45, 7) is 1.38. The zero-order chi connectivity index (χ0) is 18.6. The first-order valence-corrected chi connectivity index (χ1v) is 9.61. The normalized spacial score (nSPS) is 27.3. The molecule has 1 unspecified atom stereocenters. The molecule has 2 aliphatic rings. The van der Waals surface area contributed by atoms with Crippen LogP contribution in [0, 0.1) is 11.8 Å². The van der Waals surface area contributed by atoms with Gasteiger partial charge in [0.2, 0.25) is 0 Å². The molecular formula is C21H20ClN3O2. The Kier molecular flexibility index (Phi) is 3.78. The third-order valence-electron chi connectivity index (χ3n) is 6.11. The van der Waals surface area contributed by atoms with Crippen LogP contribution >= 0.6 is 11.6 Å². The van der Waals surface area contributed by atoms with Crippen molar-refractivity contribution in [2.75, 3.05) is 13.1 Å². The molecule has 2 N–H and O–H groups in total. The number of aromatic nitrogens is 2. The molecule has 138 valence electrons. The van der Waals surface area contributed by atoms with E-state index in [0.717, 1.165) is 22.0 Å². The molecule has 3 aromatic rings. The van der Waals surface area contributed by atoms with Crippen LogP contribution in [-0.2, 0) is 5.60 Å². The molecule has 1 aromatic heterocycles. The van der Waals surface area contributed by atoms with E-state index < -0.39 is 5.60 Å². The molecule has 5 nitrogen and oxygen atoms in total. The van der Waals surface area contributed by atoms with Crippen molar-refractivity contribution in [2.45, 2.75) is 18.4 Å². The number of amides is 1. The van der Waals surface area contributed by atoms with E-state index in [1.54, 1.807) is 6.20 Å². The Morgan fingerprint density at radius 1 is 1.19 bits per heavy atom.